The Morgan fingerprint density at radius 2 is 1.73 bits per heavy atom. The molecule has 0 saturated carbocycles. The smallest absolute Gasteiger partial charge is 0.275 e. The van der Waals surface area contributed by atoms with E-state index in [1.807, 2.05) is 36.4 Å². The Morgan fingerprint density at radius 1 is 1.03 bits per heavy atom. The molecule has 1 aromatic heterocycles. The summed E-state index contributed by atoms with van der Waals surface area (Å²) in [5.41, 5.74) is 2.19. The molecule has 156 valence electrons. The van der Waals surface area contributed by atoms with Crippen LogP contribution in [0.3, 0.4) is 0 Å². The first-order chi connectivity index (χ1) is 14.8. The first-order valence-electron chi connectivity index (χ1n) is 10.6. The first-order valence-corrected chi connectivity index (χ1v) is 11.5. The highest BCUT2D eigenvalue weighted by atomic mass is 32.1. The largest absolute Gasteiger partial charge is 0.372 e. The topological polar surface area (TPSA) is 42.8 Å². The zero-order valence-corrected chi connectivity index (χ0v) is 17.9. The molecule has 2 N–H and O–H groups in total. The maximum Gasteiger partial charge on any atom is 0.275 e. The highest BCUT2D eigenvalue weighted by Crippen LogP contribution is 2.21. The van der Waals surface area contributed by atoms with Gasteiger partial charge in [0.2, 0.25) is 0 Å². The third-order valence-electron chi connectivity index (χ3n) is 5.53. The second kappa shape index (κ2) is 10.5. The predicted octanol–water partition coefficient (Wildman–Crippen LogP) is 3.22. The third-order valence-corrected chi connectivity index (χ3v) is 6.40. The van der Waals surface area contributed by atoms with Gasteiger partial charge in [0.1, 0.15) is 19.2 Å². The van der Waals surface area contributed by atoms with Crippen LogP contribution in [0, 0.1) is 0 Å². The van der Waals surface area contributed by atoms with E-state index < -0.39 is 0 Å². The highest BCUT2D eigenvalue weighted by molar-refractivity contribution is 7.09. The standard InChI is InChI=1S/C25H28N2O2S/c28-24(19-27(17-22-13-7-15-29-22)18-23-14-8-16-30-23)26-25(20-9-3-1-4-10-20)21-11-5-2-6-12-21/h1-6,8-12,14,16,22,25H,7,13,15,17-19H2,(H,26,28)/p+1/t22-/m0/s1. The lowest BCUT2D eigenvalue weighted by Crippen LogP contribution is -3.13. The van der Waals surface area contributed by atoms with Crippen molar-refractivity contribution in [2.24, 2.45) is 0 Å². The average molecular weight is 422 g/mol. The summed E-state index contributed by atoms with van der Waals surface area (Å²) in [6, 6.07) is 24.4. The number of hydrogen-bond donors (Lipinski definition) is 2. The minimum Gasteiger partial charge on any atom is -0.372 e. The summed E-state index contributed by atoms with van der Waals surface area (Å²) in [5, 5.41) is 5.38. The van der Waals surface area contributed by atoms with Gasteiger partial charge in [-0.25, -0.2) is 0 Å². The molecule has 1 unspecified atom stereocenters. The Labute approximate surface area is 182 Å². The molecule has 1 amide bonds. The number of carbonyl (C=O) groups excluding carboxylic acids is 1. The van der Waals surface area contributed by atoms with Crippen LogP contribution in [0.25, 0.3) is 0 Å². The third kappa shape index (κ3) is 5.79. The molecule has 3 aromatic rings. The van der Waals surface area contributed by atoms with Gasteiger partial charge in [0.15, 0.2) is 6.54 Å². The summed E-state index contributed by atoms with van der Waals surface area (Å²) in [7, 11) is 0. The molecule has 2 heterocycles. The van der Waals surface area contributed by atoms with Crippen molar-refractivity contribution in [3.8, 4) is 0 Å². The minimum atomic E-state index is -0.148. The predicted molar refractivity (Wildman–Crippen MR) is 121 cm³/mol. The van der Waals surface area contributed by atoms with Crippen molar-refractivity contribution >= 4 is 17.2 Å². The fourth-order valence-electron chi connectivity index (χ4n) is 4.08. The summed E-state index contributed by atoms with van der Waals surface area (Å²) in [6.45, 7) is 3.00. The van der Waals surface area contributed by atoms with Crippen LogP contribution < -0.4 is 10.2 Å². The lowest BCUT2D eigenvalue weighted by molar-refractivity contribution is -0.908. The first kappa shape index (κ1) is 20.8. The van der Waals surface area contributed by atoms with Crippen molar-refractivity contribution in [1.82, 2.24) is 5.32 Å². The summed E-state index contributed by atoms with van der Waals surface area (Å²) in [5.74, 6) is 0.0669. The van der Waals surface area contributed by atoms with E-state index >= 15 is 0 Å². The zero-order valence-electron chi connectivity index (χ0n) is 17.1. The quantitative estimate of drug-likeness (QED) is 0.557. The van der Waals surface area contributed by atoms with Gasteiger partial charge in [-0.1, -0.05) is 66.7 Å². The van der Waals surface area contributed by atoms with E-state index in [2.05, 4.69) is 47.1 Å². The molecule has 1 aliphatic heterocycles. The van der Waals surface area contributed by atoms with Crippen molar-refractivity contribution in [3.63, 3.8) is 0 Å². The maximum absolute atomic E-state index is 13.1. The molecule has 1 fully saturated rings. The van der Waals surface area contributed by atoms with Crippen LogP contribution in [0.4, 0.5) is 0 Å². The maximum atomic E-state index is 13.1. The molecule has 0 bridgehead atoms. The van der Waals surface area contributed by atoms with Crippen LogP contribution >= 0.6 is 11.3 Å². The van der Waals surface area contributed by atoms with Gasteiger partial charge in [0.05, 0.1) is 10.9 Å². The van der Waals surface area contributed by atoms with Crippen molar-refractivity contribution in [1.29, 1.82) is 0 Å². The molecule has 4 nitrogen and oxygen atoms in total. The van der Waals surface area contributed by atoms with Crippen LogP contribution in [-0.4, -0.2) is 31.7 Å². The van der Waals surface area contributed by atoms with Crippen molar-refractivity contribution in [3.05, 3.63) is 94.2 Å². The van der Waals surface area contributed by atoms with Gasteiger partial charge in [0, 0.05) is 6.61 Å². The molecule has 1 saturated heterocycles. The average Bonchev–Trinajstić information content (AvgIpc) is 3.48. The van der Waals surface area contributed by atoms with Gasteiger partial charge in [-0.15, -0.1) is 11.3 Å². The monoisotopic (exact) mass is 421 g/mol. The van der Waals surface area contributed by atoms with Crippen molar-refractivity contribution < 1.29 is 14.4 Å². The Hall–Kier alpha value is -2.47. The minimum absolute atomic E-state index is 0.0669. The number of carbonyl (C=O) groups is 1. The summed E-state index contributed by atoms with van der Waals surface area (Å²) in [6.07, 6.45) is 2.46. The molecular formula is C25H29N2O2S+. The molecule has 2 aromatic carbocycles. The van der Waals surface area contributed by atoms with Gasteiger partial charge in [0.25, 0.3) is 5.91 Å². The van der Waals surface area contributed by atoms with Crippen LogP contribution in [0.1, 0.15) is 34.9 Å². The van der Waals surface area contributed by atoms with E-state index in [0.717, 1.165) is 43.7 Å². The Kier molecular flexibility index (Phi) is 7.29. The molecule has 1 aliphatic rings. The van der Waals surface area contributed by atoms with E-state index in [-0.39, 0.29) is 18.1 Å². The van der Waals surface area contributed by atoms with E-state index in [1.54, 1.807) is 11.3 Å². The van der Waals surface area contributed by atoms with Gasteiger partial charge in [-0.2, -0.15) is 0 Å². The van der Waals surface area contributed by atoms with Crippen LogP contribution in [0.5, 0.6) is 0 Å². The van der Waals surface area contributed by atoms with Gasteiger partial charge < -0.3 is 15.0 Å². The van der Waals surface area contributed by atoms with E-state index in [0.29, 0.717) is 6.54 Å². The molecule has 2 atom stereocenters. The fraction of sp³-hybridized carbons (Fsp3) is 0.320. The van der Waals surface area contributed by atoms with Gasteiger partial charge >= 0.3 is 0 Å². The Balaban J connectivity index is 1.47. The fourth-order valence-corrected chi connectivity index (χ4v) is 4.86. The SMILES string of the molecule is O=C(C[NH+](Cc1cccs1)C[C@@H]1CCCO1)NC(c1ccccc1)c1ccccc1. The Morgan fingerprint density at radius 3 is 2.30 bits per heavy atom. The second-order valence-corrected chi connectivity index (χ2v) is 8.88. The normalized spacial score (nSPS) is 17.2. The molecule has 30 heavy (non-hydrogen) atoms. The van der Waals surface area contributed by atoms with Crippen molar-refractivity contribution in [2.45, 2.75) is 31.5 Å². The van der Waals surface area contributed by atoms with Gasteiger partial charge in [-0.3, -0.25) is 4.79 Å². The van der Waals surface area contributed by atoms with Crippen molar-refractivity contribution in [2.75, 3.05) is 19.7 Å². The van der Waals surface area contributed by atoms with Crippen LogP contribution in [-0.2, 0) is 16.1 Å². The molecule has 0 aliphatic carbocycles. The summed E-state index contributed by atoms with van der Waals surface area (Å²) in [4.78, 5) is 15.7. The van der Waals surface area contributed by atoms with E-state index in [1.165, 1.54) is 9.78 Å². The van der Waals surface area contributed by atoms with Crippen LogP contribution in [0.2, 0.25) is 0 Å². The number of nitrogens with one attached hydrogen (secondary N) is 2. The number of ether oxygens (including phenoxy) is 1. The highest BCUT2D eigenvalue weighted by Gasteiger charge is 2.25. The number of hydrogen-bond acceptors (Lipinski definition) is 3. The zero-order chi connectivity index (χ0) is 20.6. The number of amides is 1. The second-order valence-electron chi connectivity index (χ2n) is 7.84. The van der Waals surface area contributed by atoms with Crippen LogP contribution in [0.15, 0.2) is 78.2 Å². The van der Waals surface area contributed by atoms with E-state index in [4.69, 9.17) is 4.74 Å². The molecule has 0 radical (unpaired) electrons. The number of thiophene rings is 1. The van der Waals surface area contributed by atoms with Gasteiger partial charge in [-0.05, 0) is 35.4 Å². The summed E-state index contributed by atoms with van der Waals surface area (Å²) < 4.78 is 5.85. The summed E-state index contributed by atoms with van der Waals surface area (Å²) >= 11 is 1.75. The number of rotatable bonds is 9. The Bertz CT molecular complexity index is 854. The lowest BCUT2D eigenvalue weighted by Gasteiger charge is -2.24. The molecular weight excluding hydrogens is 392 g/mol. The number of quaternary nitrogens is 1. The molecule has 4 rings (SSSR count). The molecule has 0 spiro atoms. The van der Waals surface area contributed by atoms with E-state index in [9.17, 15) is 4.79 Å². The number of benzene rings is 2. The lowest BCUT2D eigenvalue weighted by atomic mass is 9.99. The molecule has 5 heteroatoms.